The number of thiophene rings is 1. The first-order valence-electron chi connectivity index (χ1n) is 7.24. The van der Waals surface area contributed by atoms with Crippen LogP contribution in [0.5, 0.6) is 0 Å². The van der Waals surface area contributed by atoms with Crippen LogP contribution in [0.3, 0.4) is 0 Å². The van der Waals surface area contributed by atoms with E-state index in [1.54, 1.807) is 11.3 Å². The minimum Gasteiger partial charge on any atom is -0.396 e. The summed E-state index contributed by atoms with van der Waals surface area (Å²) in [5, 5.41) is 12.2. The summed E-state index contributed by atoms with van der Waals surface area (Å²) in [6.07, 6.45) is 0.892. The Morgan fingerprint density at radius 3 is 2.67 bits per heavy atom. The van der Waals surface area contributed by atoms with Gasteiger partial charge in [0.25, 0.3) is 5.91 Å². The highest BCUT2D eigenvalue weighted by Crippen LogP contribution is 2.28. The number of aryl methyl sites for hydroxylation is 2. The van der Waals surface area contributed by atoms with Crippen molar-refractivity contribution in [2.45, 2.75) is 20.3 Å². The Morgan fingerprint density at radius 1 is 1.33 bits per heavy atom. The molecule has 0 aromatic carbocycles. The molecule has 1 N–H and O–H groups in total. The molecular weight excluding hydrogens is 284 g/mol. The molecule has 1 aliphatic rings. The van der Waals surface area contributed by atoms with E-state index in [-0.39, 0.29) is 18.4 Å². The summed E-state index contributed by atoms with van der Waals surface area (Å²) in [6.45, 7) is 5.67. The molecule has 3 rings (SSSR count). The van der Waals surface area contributed by atoms with Crippen LogP contribution in [0.4, 0.5) is 0 Å². The number of aliphatic hydroxyl groups excluding tert-OH is 1. The van der Waals surface area contributed by atoms with Crippen LogP contribution >= 0.6 is 11.3 Å². The van der Waals surface area contributed by atoms with E-state index in [9.17, 15) is 9.90 Å². The number of aromatic nitrogens is 1. The highest BCUT2D eigenvalue weighted by atomic mass is 32.1. The molecule has 0 aliphatic carbocycles. The van der Waals surface area contributed by atoms with Gasteiger partial charge in [0.15, 0.2) is 0 Å². The lowest BCUT2D eigenvalue weighted by Crippen LogP contribution is -2.29. The standard InChI is InChI=1S/C16H20N2O2S/c1-11-3-4-12(2)18(11)16-14(6-8-21-16)15(20)17-7-5-13(9-17)10-19/h3-4,6,8,13,19H,5,7,9-10H2,1-2H3. The third-order valence-electron chi connectivity index (χ3n) is 4.18. The molecule has 21 heavy (non-hydrogen) atoms. The maximum atomic E-state index is 12.7. The summed E-state index contributed by atoms with van der Waals surface area (Å²) < 4.78 is 2.14. The maximum Gasteiger partial charge on any atom is 0.256 e. The number of rotatable bonds is 3. The number of nitrogens with zero attached hydrogens (tertiary/aromatic N) is 2. The van der Waals surface area contributed by atoms with Gasteiger partial charge in [-0.3, -0.25) is 4.79 Å². The van der Waals surface area contributed by atoms with Crippen molar-refractivity contribution in [3.05, 3.63) is 40.5 Å². The van der Waals surface area contributed by atoms with E-state index in [0.29, 0.717) is 6.54 Å². The Labute approximate surface area is 128 Å². The molecule has 2 aromatic heterocycles. The molecule has 1 saturated heterocycles. The molecule has 4 nitrogen and oxygen atoms in total. The number of hydrogen-bond donors (Lipinski definition) is 1. The molecule has 1 amide bonds. The maximum absolute atomic E-state index is 12.7. The number of likely N-dealkylation sites (tertiary alicyclic amines) is 1. The Kier molecular flexibility index (Phi) is 3.87. The van der Waals surface area contributed by atoms with Crippen molar-refractivity contribution in [1.82, 2.24) is 9.47 Å². The largest absolute Gasteiger partial charge is 0.396 e. The molecule has 1 aliphatic heterocycles. The Bertz CT molecular complexity index is 640. The Hall–Kier alpha value is -1.59. The lowest BCUT2D eigenvalue weighted by molar-refractivity contribution is 0.0782. The summed E-state index contributed by atoms with van der Waals surface area (Å²) in [7, 11) is 0. The minimum atomic E-state index is 0.0784. The van der Waals surface area contributed by atoms with Gasteiger partial charge in [0.1, 0.15) is 5.00 Å². The first-order valence-corrected chi connectivity index (χ1v) is 8.12. The van der Waals surface area contributed by atoms with E-state index in [2.05, 4.69) is 30.5 Å². The average molecular weight is 304 g/mol. The number of carbonyl (C=O) groups is 1. The molecule has 0 radical (unpaired) electrons. The van der Waals surface area contributed by atoms with E-state index in [1.807, 2.05) is 16.3 Å². The molecule has 0 saturated carbocycles. The summed E-state index contributed by atoms with van der Waals surface area (Å²) in [6, 6.07) is 6.05. The number of hydrogen-bond acceptors (Lipinski definition) is 3. The number of aliphatic hydroxyl groups is 1. The van der Waals surface area contributed by atoms with Crippen LogP contribution in [0.2, 0.25) is 0 Å². The van der Waals surface area contributed by atoms with Crippen molar-refractivity contribution in [3.63, 3.8) is 0 Å². The SMILES string of the molecule is Cc1ccc(C)n1-c1sccc1C(=O)N1CCC(CO)C1. The predicted molar refractivity (Wildman–Crippen MR) is 84.2 cm³/mol. The second-order valence-corrected chi connectivity index (χ2v) is 6.57. The van der Waals surface area contributed by atoms with Gasteiger partial charge in [0.2, 0.25) is 0 Å². The third kappa shape index (κ3) is 2.51. The molecule has 112 valence electrons. The zero-order valence-electron chi connectivity index (χ0n) is 12.4. The van der Waals surface area contributed by atoms with Gasteiger partial charge in [-0.25, -0.2) is 0 Å². The van der Waals surface area contributed by atoms with Gasteiger partial charge in [-0.1, -0.05) is 0 Å². The summed E-state index contributed by atoms with van der Waals surface area (Å²) in [5.41, 5.74) is 3.04. The van der Waals surface area contributed by atoms with Crippen molar-refractivity contribution >= 4 is 17.2 Å². The fraction of sp³-hybridized carbons (Fsp3) is 0.438. The molecule has 0 bridgehead atoms. The van der Waals surface area contributed by atoms with Crippen molar-refractivity contribution in [1.29, 1.82) is 0 Å². The van der Waals surface area contributed by atoms with Crippen LogP contribution < -0.4 is 0 Å². The first kappa shape index (κ1) is 14.4. The van der Waals surface area contributed by atoms with Crippen LogP contribution in [-0.4, -0.2) is 40.2 Å². The lowest BCUT2D eigenvalue weighted by Gasteiger charge is -2.17. The Balaban J connectivity index is 1.91. The van der Waals surface area contributed by atoms with Gasteiger partial charge < -0.3 is 14.6 Å². The second kappa shape index (κ2) is 5.66. The van der Waals surface area contributed by atoms with E-state index in [1.165, 1.54) is 0 Å². The van der Waals surface area contributed by atoms with Crippen molar-refractivity contribution in [2.24, 2.45) is 5.92 Å². The summed E-state index contributed by atoms with van der Waals surface area (Å²) >= 11 is 1.60. The van der Waals surface area contributed by atoms with Crippen LogP contribution in [0, 0.1) is 19.8 Å². The van der Waals surface area contributed by atoms with Gasteiger partial charge in [0, 0.05) is 37.0 Å². The molecule has 0 spiro atoms. The highest BCUT2D eigenvalue weighted by Gasteiger charge is 2.28. The van der Waals surface area contributed by atoms with Gasteiger partial charge in [-0.05, 0) is 43.8 Å². The zero-order valence-corrected chi connectivity index (χ0v) is 13.2. The highest BCUT2D eigenvalue weighted by molar-refractivity contribution is 7.13. The topological polar surface area (TPSA) is 45.5 Å². The normalized spacial score (nSPS) is 18.4. The lowest BCUT2D eigenvalue weighted by atomic mass is 10.1. The summed E-state index contributed by atoms with van der Waals surface area (Å²) in [5.74, 6) is 0.306. The van der Waals surface area contributed by atoms with E-state index < -0.39 is 0 Å². The van der Waals surface area contributed by atoms with Gasteiger partial charge in [-0.2, -0.15) is 0 Å². The average Bonchev–Trinajstić information content (AvgIpc) is 3.18. The van der Waals surface area contributed by atoms with Crippen molar-refractivity contribution in [3.8, 4) is 5.00 Å². The molecule has 2 aromatic rings. The number of carbonyl (C=O) groups excluding carboxylic acids is 1. The van der Waals surface area contributed by atoms with E-state index in [0.717, 1.165) is 34.9 Å². The molecule has 1 atom stereocenters. The van der Waals surface area contributed by atoms with Crippen molar-refractivity contribution < 1.29 is 9.90 Å². The second-order valence-electron chi connectivity index (χ2n) is 5.68. The predicted octanol–water partition coefficient (Wildman–Crippen LogP) is 2.61. The molecule has 3 heterocycles. The molecule has 5 heteroatoms. The fourth-order valence-corrected chi connectivity index (χ4v) is 3.97. The van der Waals surface area contributed by atoms with E-state index in [4.69, 9.17) is 0 Å². The van der Waals surface area contributed by atoms with Crippen LogP contribution in [0.1, 0.15) is 28.2 Å². The van der Waals surface area contributed by atoms with Gasteiger partial charge in [-0.15, -0.1) is 11.3 Å². The fourth-order valence-electron chi connectivity index (χ4n) is 2.96. The third-order valence-corrected chi connectivity index (χ3v) is 5.08. The zero-order chi connectivity index (χ0) is 15.0. The quantitative estimate of drug-likeness (QED) is 0.947. The Morgan fingerprint density at radius 2 is 2.05 bits per heavy atom. The minimum absolute atomic E-state index is 0.0784. The molecular formula is C16H20N2O2S. The van der Waals surface area contributed by atoms with E-state index >= 15 is 0 Å². The van der Waals surface area contributed by atoms with Crippen LogP contribution in [0.25, 0.3) is 5.00 Å². The number of amides is 1. The van der Waals surface area contributed by atoms with Crippen molar-refractivity contribution in [2.75, 3.05) is 19.7 Å². The van der Waals surface area contributed by atoms with Crippen LogP contribution in [-0.2, 0) is 0 Å². The smallest absolute Gasteiger partial charge is 0.256 e. The van der Waals surface area contributed by atoms with Gasteiger partial charge >= 0.3 is 0 Å². The molecule has 1 fully saturated rings. The first-order chi connectivity index (χ1) is 10.1. The monoisotopic (exact) mass is 304 g/mol. The summed E-state index contributed by atoms with van der Waals surface area (Å²) in [4.78, 5) is 14.6. The molecule has 1 unspecified atom stereocenters. The van der Waals surface area contributed by atoms with Crippen LogP contribution in [0.15, 0.2) is 23.6 Å². The van der Waals surface area contributed by atoms with Gasteiger partial charge in [0.05, 0.1) is 5.56 Å².